The Bertz CT molecular complexity index is 407. The number of amides is 1. The number of nitrogens with one attached hydrogen (secondary N) is 1. The molecule has 0 aliphatic rings. The largest absolute Gasteiger partial charge is 0.508 e. The van der Waals surface area contributed by atoms with Crippen LogP contribution in [0.25, 0.3) is 0 Å². The summed E-state index contributed by atoms with van der Waals surface area (Å²) in [4.78, 5) is 11.6. The lowest BCUT2D eigenvalue weighted by atomic mass is 10.1. The first-order valence-corrected chi connectivity index (χ1v) is 6.92. The Morgan fingerprint density at radius 1 is 1.21 bits per heavy atom. The molecule has 0 radical (unpaired) electrons. The molecule has 0 saturated heterocycles. The molecule has 0 bridgehead atoms. The topological polar surface area (TPSA) is 49.3 Å². The predicted octanol–water partition coefficient (Wildman–Crippen LogP) is 4.22. The van der Waals surface area contributed by atoms with Gasteiger partial charge < -0.3 is 10.4 Å². The molecule has 4 heteroatoms. The third-order valence-electron chi connectivity index (χ3n) is 2.98. The molecule has 0 heterocycles. The number of benzene rings is 1. The molecule has 1 aromatic carbocycles. The Morgan fingerprint density at radius 2 is 1.89 bits per heavy atom. The van der Waals surface area contributed by atoms with E-state index in [2.05, 4.69) is 12.2 Å². The lowest BCUT2D eigenvalue weighted by Crippen LogP contribution is -2.12. The van der Waals surface area contributed by atoms with Crippen molar-refractivity contribution in [2.24, 2.45) is 0 Å². The number of phenols is 1. The molecule has 3 nitrogen and oxygen atoms in total. The van der Waals surface area contributed by atoms with Crippen molar-refractivity contribution in [2.75, 3.05) is 5.32 Å². The summed E-state index contributed by atoms with van der Waals surface area (Å²) in [5.74, 6) is -0.942. The maximum absolute atomic E-state index is 13.4. The Kier molecular flexibility index (Phi) is 6.93. The van der Waals surface area contributed by atoms with Crippen LogP contribution < -0.4 is 5.32 Å². The van der Waals surface area contributed by atoms with Gasteiger partial charge in [-0.2, -0.15) is 0 Å². The van der Waals surface area contributed by atoms with Crippen LogP contribution >= 0.6 is 0 Å². The molecule has 0 unspecified atom stereocenters. The molecule has 0 spiro atoms. The van der Waals surface area contributed by atoms with Gasteiger partial charge in [-0.1, -0.05) is 39.0 Å². The van der Waals surface area contributed by atoms with Crippen molar-refractivity contribution in [3.05, 3.63) is 24.0 Å². The number of halogens is 1. The number of phenolic OH excluding ortho intramolecular Hbond substituents is 1. The van der Waals surface area contributed by atoms with E-state index in [1.54, 1.807) is 0 Å². The van der Waals surface area contributed by atoms with Crippen LogP contribution in [-0.2, 0) is 4.79 Å². The second-order valence-electron chi connectivity index (χ2n) is 4.73. The average molecular weight is 267 g/mol. The Morgan fingerprint density at radius 3 is 2.58 bits per heavy atom. The highest BCUT2D eigenvalue weighted by atomic mass is 19.1. The minimum absolute atomic E-state index is 0.119. The Labute approximate surface area is 113 Å². The van der Waals surface area contributed by atoms with Crippen molar-refractivity contribution in [1.29, 1.82) is 0 Å². The highest BCUT2D eigenvalue weighted by Gasteiger charge is 2.07. The Balaban J connectivity index is 2.23. The van der Waals surface area contributed by atoms with Crippen molar-refractivity contribution in [1.82, 2.24) is 0 Å². The van der Waals surface area contributed by atoms with Crippen molar-refractivity contribution in [2.45, 2.75) is 51.9 Å². The fraction of sp³-hybridized carbons (Fsp3) is 0.533. The van der Waals surface area contributed by atoms with E-state index in [4.69, 9.17) is 5.11 Å². The third-order valence-corrected chi connectivity index (χ3v) is 2.98. The van der Waals surface area contributed by atoms with Crippen LogP contribution in [0.1, 0.15) is 51.9 Å². The maximum Gasteiger partial charge on any atom is 0.224 e. The van der Waals surface area contributed by atoms with Gasteiger partial charge in [-0.3, -0.25) is 4.79 Å². The molecule has 1 rings (SSSR count). The van der Waals surface area contributed by atoms with E-state index >= 15 is 0 Å². The van der Waals surface area contributed by atoms with E-state index < -0.39 is 5.82 Å². The summed E-state index contributed by atoms with van der Waals surface area (Å²) in [6.07, 6.45) is 7.08. The van der Waals surface area contributed by atoms with Crippen LogP contribution in [0.5, 0.6) is 5.75 Å². The molecule has 19 heavy (non-hydrogen) atoms. The monoisotopic (exact) mass is 267 g/mol. The molecule has 106 valence electrons. The minimum atomic E-state index is -0.615. The zero-order valence-electron chi connectivity index (χ0n) is 11.4. The second kappa shape index (κ2) is 8.51. The molecule has 0 aliphatic heterocycles. The standard InChI is InChI=1S/C15H22FNO2/c1-2-3-4-5-6-7-8-15(19)17-14-10-9-12(18)11-13(14)16/h9-11,18H,2-8H2,1H3,(H,17,19). The van der Waals surface area contributed by atoms with E-state index in [0.717, 1.165) is 25.3 Å². The predicted molar refractivity (Wildman–Crippen MR) is 74.7 cm³/mol. The second-order valence-corrected chi connectivity index (χ2v) is 4.73. The fourth-order valence-electron chi connectivity index (χ4n) is 1.88. The van der Waals surface area contributed by atoms with E-state index in [-0.39, 0.29) is 17.3 Å². The highest BCUT2D eigenvalue weighted by Crippen LogP contribution is 2.19. The summed E-state index contributed by atoms with van der Waals surface area (Å²) >= 11 is 0. The molecule has 0 saturated carbocycles. The van der Waals surface area contributed by atoms with Gasteiger partial charge in [0, 0.05) is 12.5 Å². The molecule has 1 aromatic rings. The first-order chi connectivity index (χ1) is 9.13. The number of rotatable bonds is 8. The number of carbonyl (C=O) groups excluding carboxylic acids is 1. The SMILES string of the molecule is CCCCCCCCC(=O)Nc1ccc(O)cc1F. The average Bonchev–Trinajstić information content (AvgIpc) is 2.37. The number of hydrogen-bond acceptors (Lipinski definition) is 2. The number of unbranched alkanes of at least 4 members (excludes halogenated alkanes) is 5. The molecule has 0 atom stereocenters. The van der Waals surface area contributed by atoms with Crippen molar-refractivity contribution < 1.29 is 14.3 Å². The summed E-state index contributed by atoms with van der Waals surface area (Å²) < 4.78 is 13.4. The van der Waals surface area contributed by atoms with E-state index in [1.165, 1.54) is 31.4 Å². The zero-order valence-corrected chi connectivity index (χ0v) is 11.4. The van der Waals surface area contributed by atoms with E-state index in [1.807, 2.05) is 0 Å². The Hall–Kier alpha value is -1.58. The van der Waals surface area contributed by atoms with Crippen LogP contribution in [0.15, 0.2) is 18.2 Å². The van der Waals surface area contributed by atoms with Crippen LogP contribution in [0.3, 0.4) is 0 Å². The van der Waals surface area contributed by atoms with Crippen LogP contribution in [0, 0.1) is 5.82 Å². The van der Waals surface area contributed by atoms with E-state index in [9.17, 15) is 9.18 Å². The highest BCUT2D eigenvalue weighted by molar-refractivity contribution is 5.90. The van der Waals surface area contributed by atoms with Gasteiger partial charge in [0.1, 0.15) is 11.6 Å². The molecular weight excluding hydrogens is 245 g/mol. The van der Waals surface area contributed by atoms with Crippen molar-refractivity contribution in [3.63, 3.8) is 0 Å². The molecule has 1 amide bonds. The molecular formula is C15H22FNO2. The number of anilines is 1. The minimum Gasteiger partial charge on any atom is -0.508 e. The van der Waals surface area contributed by atoms with Gasteiger partial charge >= 0.3 is 0 Å². The molecule has 0 aromatic heterocycles. The van der Waals surface area contributed by atoms with Crippen LogP contribution in [0.4, 0.5) is 10.1 Å². The molecule has 0 fully saturated rings. The van der Waals surface area contributed by atoms with Gasteiger partial charge in [0.25, 0.3) is 0 Å². The normalized spacial score (nSPS) is 10.4. The molecule has 2 N–H and O–H groups in total. The lowest BCUT2D eigenvalue weighted by molar-refractivity contribution is -0.116. The zero-order chi connectivity index (χ0) is 14.1. The smallest absolute Gasteiger partial charge is 0.224 e. The lowest BCUT2D eigenvalue weighted by Gasteiger charge is -2.06. The van der Waals surface area contributed by atoms with Crippen LogP contribution in [0.2, 0.25) is 0 Å². The summed E-state index contributed by atoms with van der Waals surface area (Å²) in [6.45, 7) is 2.17. The van der Waals surface area contributed by atoms with Crippen molar-refractivity contribution >= 4 is 11.6 Å². The van der Waals surface area contributed by atoms with Gasteiger partial charge in [0.05, 0.1) is 5.69 Å². The van der Waals surface area contributed by atoms with E-state index in [0.29, 0.717) is 6.42 Å². The van der Waals surface area contributed by atoms with Crippen molar-refractivity contribution in [3.8, 4) is 5.75 Å². The molecule has 0 aliphatic carbocycles. The number of hydrogen-bond donors (Lipinski definition) is 2. The van der Waals surface area contributed by atoms with Crippen LogP contribution in [-0.4, -0.2) is 11.0 Å². The summed E-state index contributed by atoms with van der Waals surface area (Å²) in [5, 5.41) is 11.6. The van der Waals surface area contributed by atoms with Gasteiger partial charge in [-0.05, 0) is 18.6 Å². The van der Waals surface area contributed by atoms with Gasteiger partial charge in [0.2, 0.25) is 5.91 Å². The quantitative estimate of drug-likeness (QED) is 0.547. The van der Waals surface area contributed by atoms with Gasteiger partial charge in [-0.15, -0.1) is 0 Å². The number of carbonyl (C=O) groups is 1. The fourth-order valence-corrected chi connectivity index (χ4v) is 1.88. The van der Waals surface area contributed by atoms with Gasteiger partial charge in [0.15, 0.2) is 0 Å². The van der Waals surface area contributed by atoms with Gasteiger partial charge in [-0.25, -0.2) is 4.39 Å². The number of aromatic hydroxyl groups is 1. The summed E-state index contributed by atoms with van der Waals surface area (Å²) in [7, 11) is 0. The first-order valence-electron chi connectivity index (χ1n) is 6.92. The summed E-state index contributed by atoms with van der Waals surface area (Å²) in [5.41, 5.74) is 0.119. The first kappa shape index (κ1) is 15.5. The third kappa shape index (κ3) is 6.22. The summed E-state index contributed by atoms with van der Waals surface area (Å²) in [6, 6.07) is 3.70. The maximum atomic E-state index is 13.4.